The van der Waals surface area contributed by atoms with Gasteiger partial charge >= 0.3 is 5.97 Å². The van der Waals surface area contributed by atoms with E-state index in [0.717, 1.165) is 6.42 Å². The summed E-state index contributed by atoms with van der Waals surface area (Å²) in [5.41, 5.74) is -1.20. The number of Topliss-reactive ketones (excluding diaryl/α,β-unsaturated/α-hetero) is 1. The van der Waals surface area contributed by atoms with Gasteiger partial charge in [0.15, 0.2) is 11.6 Å². The minimum atomic E-state index is -1.34. The van der Waals surface area contributed by atoms with Crippen LogP contribution in [0.1, 0.15) is 144 Å². The molecule has 4 N–H and O–H groups in total. The lowest BCUT2D eigenvalue weighted by atomic mass is 9.72. The van der Waals surface area contributed by atoms with Gasteiger partial charge in [-0.2, -0.15) is 0 Å². The smallest absolute Gasteiger partial charge is 0.309 e. The number of carboxylic acids is 1. The Morgan fingerprint density at radius 1 is 0.869 bits per heavy atom. The Bertz CT molecular complexity index is 1720. The van der Waals surface area contributed by atoms with Crippen molar-refractivity contribution in [1.29, 1.82) is 0 Å². The number of rotatable bonds is 14. The van der Waals surface area contributed by atoms with Gasteiger partial charge in [0.05, 0.1) is 53.7 Å². The first-order valence-corrected chi connectivity index (χ1v) is 23.4. The highest BCUT2D eigenvalue weighted by Gasteiger charge is 2.63. The van der Waals surface area contributed by atoms with Crippen LogP contribution in [0.15, 0.2) is 42.5 Å². The van der Waals surface area contributed by atoms with Gasteiger partial charge in [-0.15, -0.1) is 0 Å². The van der Waals surface area contributed by atoms with Crippen LogP contribution in [0.4, 0.5) is 0 Å². The molecule has 342 valence electrons. The zero-order valence-electron chi connectivity index (χ0n) is 38.3. The van der Waals surface area contributed by atoms with E-state index in [-0.39, 0.29) is 35.5 Å². The molecule has 0 bridgehead atoms. The molecule has 61 heavy (non-hydrogen) atoms. The van der Waals surface area contributed by atoms with Crippen molar-refractivity contribution in [1.82, 2.24) is 5.32 Å². The van der Waals surface area contributed by atoms with Crippen LogP contribution < -0.4 is 5.32 Å². The second-order valence-corrected chi connectivity index (χ2v) is 19.8. The predicted octanol–water partition coefficient (Wildman–Crippen LogP) is 7.63. The maximum absolute atomic E-state index is 14.7. The number of carboxylic acid groups (broad SMARTS) is 1. The number of hydrogen-bond acceptors (Lipinski definition) is 10. The Hall–Kier alpha value is -2.71. The summed E-state index contributed by atoms with van der Waals surface area (Å²) in [6, 6.07) is 8.36. The standard InChI is InChI=1S/C49H75NO11/c1-11-35(45(54)55)37-20-19-28(4)42(58-37)32(8)40(51)31(7)41(52)36(12-2)43-29(5)27-30(6)48(59-43)24-21-38(50-44(53)34-17-15-14-16-18-34)49(61-48)26-25-46(10,60-49)39-22-23-47(56,13-3)33(9)57-39/h14-18,21,24,28-33,35-40,42-43,51,56H,11-13,19-20,22-23,25-27H2,1-10H3,(H,50,53)(H,54,55)/t28-,29-,30+,31-,32-,33-,35+,36-,37+,38+,39+,40+,42+,43-,46-,47+,48-,49-/m0/s1. The second kappa shape index (κ2) is 18.8. The van der Waals surface area contributed by atoms with E-state index in [4.69, 9.17) is 23.7 Å². The van der Waals surface area contributed by atoms with Crippen LogP contribution in [0.2, 0.25) is 0 Å². The van der Waals surface area contributed by atoms with Gasteiger partial charge in [-0.05, 0) is 102 Å². The molecule has 5 aliphatic rings. The number of aliphatic carboxylic acids is 1. The van der Waals surface area contributed by atoms with E-state index in [1.165, 1.54) is 0 Å². The molecule has 2 spiro atoms. The van der Waals surface area contributed by atoms with Crippen molar-refractivity contribution in [2.75, 3.05) is 0 Å². The summed E-state index contributed by atoms with van der Waals surface area (Å²) in [4.78, 5) is 40.4. The molecule has 0 aliphatic carbocycles. The molecule has 5 heterocycles. The van der Waals surface area contributed by atoms with Gasteiger partial charge in [-0.25, -0.2) is 0 Å². The minimum Gasteiger partial charge on any atom is -0.481 e. The summed E-state index contributed by atoms with van der Waals surface area (Å²) >= 11 is 0. The van der Waals surface area contributed by atoms with Gasteiger partial charge in [0, 0.05) is 35.7 Å². The Morgan fingerprint density at radius 2 is 1.56 bits per heavy atom. The lowest BCUT2D eigenvalue weighted by molar-refractivity contribution is -0.397. The Kier molecular flexibility index (Phi) is 14.7. The topological polar surface area (TPSA) is 170 Å². The highest BCUT2D eigenvalue weighted by atomic mass is 16.8. The van der Waals surface area contributed by atoms with E-state index >= 15 is 0 Å². The highest BCUT2D eigenvalue weighted by Crippen LogP contribution is 2.54. The van der Waals surface area contributed by atoms with Crippen molar-refractivity contribution >= 4 is 17.7 Å². The third-order valence-electron chi connectivity index (χ3n) is 15.8. The number of carbonyl (C=O) groups is 3. The minimum absolute atomic E-state index is 0.0200. The molecular weight excluding hydrogens is 779 g/mol. The Labute approximate surface area is 363 Å². The molecule has 0 unspecified atom stereocenters. The van der Waals surface area contributed by atoms with Gasteiger partial charge < -0.3 is 44.3 Å². The van der Waals surface area contributed by atoms with E-state index in [9.17, 15) is 29.7 Å². The van der Waals surface area contributed by atoms with E-state index in [2.05, 4.69) is 26.1 Å². The van der Waals surface area contributed by atoms with Crippen LogP contribution in [0.3, 0.4) is 0 Å². The fourth-order valence-corrected chi connectivity index (χ4v) is 11.5. The van der Waals surface area contributed by atoms with Crippen LogP contribution in [0.25, 0.3) is 0 Å². The summed E-state index contributed by atoms with van der Waals surface area (Å²) in [6.45, 7) is 19.7. The first-order valence-electron chi connectivity index (χ1n) is 23.4. The summed E-state index contributed by atoms with van der Waals surface area (Å²) < 4.78 is 34.6. The van der Waals surface area contributed by atoms with E-state index in [1.54, 1.807) is 19.1 Å². The average molecular weight is 854 g/mol. The fourth-order valence-electron chi connectivity index (χ4n) is 11.5. The quantitative estimate of drug-likeness (QED) is 0.136. The van der Waals surface area contributed by atoms with Crippen LogP contribution in [0, 0.1) is 41.4 Å². The van der Waals surface area contributed by atoms with Gasteiger partial charge in [0.25, 0.3) is 5.91 Å². The molecule has 0 radical (unpaired) electrons. The van der Waals surface area contributed by atoms with Crippen LogP contribution in [0.5, 0.6) is 0 Å². The number of amides is 1. The number of aliphatic hydroxyl groups is 2. The highest BCUT2D eigenvalue weighted by molar-refractivity contribution is 5.94. The van der Waals surface area contributed by atoms with Crippen LogP contribution in [-0.4, -0.2) is 98.4 Å². The third kappa shape index (κ3) is 9.29. The zero-order chi connectivity index (χ0) is 44.7. The van der Waals surface area contributed by atoms with E-state index < -0.39 is 89.0 Å². The summed E-state index contributed by atoms with van der Waals surface area (Å²) in [5, 5.41) is 36.2. The number of aliphatic hydroxyl groups excluding tert-OH is 1. The monoisotopic (exact) mass is 854 g/mol. The number of nitrogens with one attached hydrogen (secondary N) is 1. The molecule has 0 aromatic heterocycles. The molecule has 0 saturated carbocycles. The summed E-state index contributed by atoms with van der Waals surface area (Å²) in [6.07, 6.45) is 6.56. The van der Waals surface area contributed by atoms with Crippen LogP contribution in [-0.2, 0) is 33.3 Å². The molecular formula is C49H75NO11. The van der Waals surface area contributed by atoms with Crippen molar-refractivity contribution in [2.45, 2.75) is 199 Å². The summed E-state index contributed by atoms with van der Waals surface area (Å²) in [7, 11) is 0. The number of ether oxygens (including phenoxy) is 5. The van der Waals surface area contributed by atoms with Gasteiger partial charge in [-0.3, -0.25) is 14.4 Å². The fraction of sp³-hybridized carbons (Fsp3) is 0.776. The number of carbonyl (C=O) groups excluding carboxylic acids is 2. The molecule has 12 heteroatoms. The molecule has 1 aromatic rings. The molecule has 1 aromatic carbocycles. The van der Waals surface area contributed by atoms with E-state index in [0.29, 0.717) is 63.4 Å². The van der Waals surface area contributed by atoms with Crippen LogP contribution >= 0.6 is 0 Å². The summed E-state index contributed by atoms with van der Waals surface area (Å²) in [5.74, 6) is -6.27. The first-order chi connectivity index (χ1) is 28.8. The molecule has 6 rings (SSSR count). The normalized spacial score (nSPS) is 41.5. The van der Waals surface area contributed by atoms with Gasteiger partial charge in [0.2, 0.25) is 0 Å². The predicted molar refractivity (Wildman–Crippen MR) is 230 cm³/mol. The molecule has 4 fully saturated rings. The lowest BCUT2D eigenvalue weighted by Crippen LogP contribution is -2.65. The molecule has 4 saturated heterocycles. The lowest BCUT2D eigenvalue weighted by Gasteiger charge is -2.55. The second-order valence-electron chi connectivity index (χ2n) is 19.8. The van der Waals surface area contributed by atoms with E-state index in [1.807, 2.05) is 71.9 Å². The van der Waals surface area contributed by atoms with Crippen molar-refractivity contribution in [3.63, 3.8) is 0 Å². The van der Waals surface area contributed by atoms with Crippen molar-refractivity contribution in [3.05, 3.63) is 48.0 Å². The van der Waals surface area contributed by atoms with Gasteiger partial charge in [0.1, 0.15) is 11.8 Å². The maximum Gasteiger partial charge on any atom is 0.309 e. The molecule has 5 aliphatic heterocycles. The number of hydrogen-bond donors (Lipinski definition) is 4. The zero-order valence-corrected chi connectivity index (χ0v) is 38.3. The third-order valence-corrected chi connectivity index (χ3v) is 15.8. The number of benzene rings is 1. The van der Waals surface area contributed by atoms with Crippen molar-refractivity contribution in [3.8, 4) is 0 Å². The molecule has 12 nitrogen and oxygen atoms in total. The SMILES string of the molecule is CC[C@@H](C(=O)[C@@H](C)[C@@H](O)[C@H](C)[C@@H]1O[C@@H]([C@@H](CC)C(=O)O)CC[C@@H]1C)[C@H]1O[C@]2(C=C[C@@H](NC(=O)c3ccccc3)[C@]3(CC[C@@](C)([C@H]4CC[C@](O)(CC)[C@H](C)O4)O3)O2)[C@H](C)C[C@@H]1C. The Morgan fingerprint density at radius 3 is 2.18 bits per heavy atom. The molecule has 1 amide bonds. The first kappa shape index (κ1) is 47.8. The average Bonchev–Trinajstić information content (AvgIpc) is 3.58. The largest absolute Gasteiger partial charge is 0.481 e. The van der Waals surface area contributed by atoms with Crippen molar-refractivity contribution < 1.29 is 53.4 Å². The maximum atomic E-state index is 14.7. The molecule has 18 atom stereocenters. The van der Waals surface area contributed by atoms with Crippen molar-refractivity contribution in [2.24, 2.45) is 41.4 Å². The number of ketones is 1. The Balaban J connectivity index is 1.25. The van der Waals surface area contributed by atoms with Gasteiger partial charge in [-0.1, -0.05) is 79.7 Å².